The average molecular weight is 312 g/mol. The fraction of sp³-hybridized carbons (Fsp3) is 0.833. The third kappa shape index (κ3) is 9.21. The molecule has 0 aromatic rings. The van der Waals surface area contributed by atoms with E-state index in [1.165, 1.54) is 12.8 Å². The maximum Gasteiger partial charge on any atom is 0.306 e. The standard InChI is InChI=1S/C18H32O4/c1-2-3-9-14-18(20,21)15-10-12-16-11-7-5-4-6-8-13-17(19)22-16/h10,12,16,20-21H,2-9,11,13-15H2,1H3/b12-10+. The first-order chi connectivity index (χ1) is 10.5. The number of esters is 1. The van der Waals surface area contributed by atoms with Crippen molar-refractivity contribution < 1.29 is 19.7 Å². The second kappa shape index (κ2) is 10.8. The normalized spacial score (nSPS) is 21.8. The van der Waals surface area contributed by atoms with Gasteiger partial charge in [0.25, 0.3) is 0 Å². The molecule has 0 bridgehead atoms. The first kappa shape index (κ1) is 19.2. The summed E-state index contributed by atoms with van der Waals surface area (Å²) in [7, 11) is 0. The predicted octanol–water partition coefficient (Wildman–Crippen LogP) is 3.85. The van der Waals surface area contributed by atoms with Gasteiger partial charge in [-0.25, -0.2) is 0 Å². The Morgan fingerprint density at radius 3 is 2.68 bits per heavy atom. The third-order valence-corrected chi connectivity index (χ3v) is 4.13. The second-order valence-electron chi connectivity index (χ2n) is 6.41. The van der Waals surface area contributed by atoms with Crippen LogP contribution in [-0.2, 0) is 9.53 Å². The van der Waals surface area contributed by atoms with Gasteiger partial charge in [0.05, 0.1) is 0 Å². The van der Waals surface area contributed by atoms with Crippen LogP contribution in [0.4, 0.5) is 0 Å². The molecule has 1 rings (SSSR count). The molecule has 2 N–H and O–H groups in total. The molecule has 1 fully saturated rings. The van der Waals surface area contributed by atoms with Crippen LogP contribution in [0.2, 0.25) is 0 Å². The summed E-state index contributed by atoms with van der Waals surface area (Å²) in [6, 6.07) is 0. The molecule has 22 heavy (non-hydrogen) atoms. The number of hydrogen-bond acceptors (Lipinski definition) is 4. The Morgan fingerprint density at radius 1 is 1.18 bits per heavy atom. The Kier molecular flexibility index (Phi) is 9.41. The quantitative estimate of drug-likeness (QED) is 0.324. The fourth-order valence-corrected chi connectivity index (χ4v) is 2.74. The van der Waals surface area contributed by atoms with Gasteiger partial charge in [-0.05, 0) is 31.8 Å². The summed E-state index contributed by atoms with van der Waals surface area (Å²) in [6.45, 7) is 2.09. The van der Waals surface area contributed by atoms with E-state index in [9.17, 15) is 15.0 Å². The number of aliphatic hydroxyl groups is 2. The van der Waals surface area contributed by atoms with E-state index in [1.807, 2.05) is 6.08 Å². The highest BCUT2D eigenvalue weighted by Crippen LogP contribution is 2.19. The summed E-state index contributed by atoms with van der Waals surface area (Å²) in [6.07, 6.45) is 13.5. The molecule has 4 heteroatoms. The summed E-state index contributed by atoms with van der Waals surface area (Å²) in [5, 5.41) is 19.8. The van der Waals surface area contributed by atoms with Gasteiger partial charge >= 0.3 is 5.97 Å². The van der Waals surface area contributed by atoms with Crippen LogP contribution in [0.3, 0.4) is 0 Å². The monoisotopic (exact) mass is 312 g/mol. The van der Waals surface area contributed by atoms with E-state index >= 15 is 0 Å². The molecule has 128 valence electrons. The third-order valence-electron chi connectivity index (χ3n) is 4.13. The van der Waals surface area contributed by atoms with Gasteiger partial charge < -0.3 is 14.9 Å². The lowest BCUT2D eigenvalue weighted by atomic mass is 10.0. The highest BCUT2D eigenvalue weighted by Gasteiger charge is 2.20. The molecule has 0 amide bonds. The minimum absolute atomic E-state index is 0.140. The van der Waals surface area contributed by atoms with Gasteiger partial charge in [-0.2, -0.15) is 0 Å². The molecule has 4 nitrogen and oxygen atoms in total. The summed E-state index contributed by atoms with van der Waals surface area (Å²) in [5.41, 5.74) is 0. The topological polar surface area (TPSA) is 66.8 Å². The van der Waals surface area contributed by atoms with Crippen LogP contribution >= 0.6 is 0 Å². The van der Waals surface area contributed by atoms with Crippen molar-refractivity contribution in [3.05, 3.63) is 12.2 Å². The van der Waals surface area contributed by atoms with Crippen molar-refractivity contribution in [2.24, 2.45) is 0 Å². The smallest absolute Gasteiger partial charge is 0.306 e. The minimum atomic E-state index is -1.65. The largest absolute Gasteiger partial charge is 0.458 e. The lowest BCUT2D eigenvalue weighted by molar-refractivity contribution is -0.163. The van der Waals surface area contributed by atoms with Crippen molar-refractivity contribution in [3.63, 3.8) is 0 Å². The van der Waals surface area contributed by atoms with Gasteiger partial charge in [0.2, 0.25) is 0 Å². The van der Waals surface area contributed by atoms with Crippen LogP contribution in [0.15, 0.2) is 12.2 Å². The van der Waals surface area contributed by atoms with E-state index in [0.29, 0.717) is 12.8 Å². The van der Waals surface area contributed by atoms with E-state index in [1.54, 1.807) is 6.08 Å². The molecule has 1 aliphatic heterocycles. The molecule has 1 saturated heterocycles. The van der Waals surface area contributed by atoms with Crippen LogP contribution in [-0.4, -0.2) is 28.1 Å². The van der Waals surface area contributed by atoms with Crippen LogP contribution in [0.1, 0.15) is 84.0 Å². The zero-order valence-electron chi connectivity index (χ0n) is 13.9. The number of carbonyl (C=O) groups excluding carboxylic acids is 1. The number of rotatable bonds is 7. The van der Waals surface area contributed by atoms with E-state index < -0.39 is 5.79 Å². The van der Waals surface area contributed by atoms with E-state index in [4.69, 9.17) is 4.74 Å². The molecule has 0 aliphatic carbocycles. The lowest BCUT2D eigenvalue weighted by Crippen LogP contribution is -2.27. The Labute approximate surface area is 134 Å². The minimum Gasteiger partial charge on any atom is -0.458 e. The molecular formula is C18H32O4. The highest BCUT2D eigenvalue weighted by molar-refractivity contribution is 5.69. The predicted molar refractivity (Wildman–Crippen MR) is 87.3 cm³/mol. The maximum absolute atomic E-state index is 11.7. The van der Waals surface area contributed by atoms with Gasteiger partial charge in [-0.15, -0.1) is 0 Å². The van der Waals surface area contributed by atoms with E-state index in [0.717, 1.165) is 44.9 Å². The summed E-state index contributed by atoms with van der Waals surface area (Å²) in [5.74, 6) is -1.79. The molecule has 0 saturated carbocycles. The molecule has 0 aromatic carbocycles. The summed E-state index contributed by atoms with van der Waals surface area (Å²) < 4.78 is 5.45. The maximum atomic E-state index is 11.7. The zero-order valence-corrected chi connectivity index (χ0v) is 13.9. The van der Waals surface area contributed by atoms with Crippen molar-refractivity contribution in [1.82, 2.24) is 0 Å². The molecule has 0 spiro atoms. The first-order valence-corrected chi connectivity index (χ1v) is 8.84. The highest BCUT2D eigenvalue weighted by atomic mass is 16.5. The number of hydrogen-bond donors (Lipinski definition) is 2. The van der Waals surface area contributed by atoms with Crippen LogP contribution in [0.5, 0.6) is 0 Å². The van der Waals surface area contributed by atoms with Gasteiger partial charge in [-0.3, -0.25) is 4.79 Å². The molecule has 0 radical (unpaired) electrons. The molecule has 0 aromatic heterocycles. The van der Waals surface area contributed by atoms with Gasteiger partial charge in [0.1, 0.15) is 6.10 Å². The van der Waals surface area contributed by atoms with Gasteiger partial charge in [0, 0.05) is 19.3 Å². The number of cyclic esters (lactones) is 1. The van der Waals surface area contributed by atoms with Crippen LogP contribution in [0, 0.1) is 0 Å². The number of ether oxygens (including phenoxy) is 1. The van der Waals surface area contributed by atoms with Crippen LogP contribution < -0.4 is 0 Å². The van der Waals surface area contributed by atoms with Crippen molar-refractivity contribution in [2.75, 3.05) is 0 Å². The molecule has 1 aliphatic rings. The van der Waals surface area contributed by atoms with Crippen molar-refractivity contribution in [2.45, 2.75) is 95.9 Å². The number of carbonyl (C=O) groups is 1. The first-order valence-electron chi connectivity index (χ1n) is 8.84. The van der Waals surface area contributed by atoms with E-state index in [-0.39, 0.29) is 18.5 Å². The summed E-state index contributed by atoms with van der Waals surface area (Å²) in [4.78, 5) is 11.7. The van der Waals surface area contributed by atoms with Crippen LogP contribution in [0.25, 0.3) is 0 Å². The lowest BCUT2D eigenvalue weighted by Gasteiger charge is -2.20. The SMILES string of the molecule is CCCCCC(O)(O)C/C=C/C1CCCCCCCC(=O)O1. The van der Waals surface area contributed by atoms with Crippen molar-refractivity contribution >= 4 is 5.97 Å². The Hall–Kier alpha value is -0.870. The Balaban J connectivity index is 2.41. The fourth-order valence-electron chi connectivity index (χ4n) is 2.74. The van der Waals surface area contributed by atoms with Gasteiger partial charge in [0.15, 0.2) is 5.79 Å². The van der Waals surface area contributed by atoms with Gasteiger partial charge in [-0.1, -0.05) is 45.1 Å². The van der Waals surface area contributed by atoms with Crippen molar-refractivity contribution in [3.8, 4) is 0 Å². The summed E-state index contributed by atoms with van der Waals surface area (Å²) >= 11 is 0. The zero-order chi connectivity index (χ0) is 16.3. The molecular weight excluding hydrogens is 280 g/mol. The van der Waals surface area contributed by atoms with Crippen molar-refractivity contribution in [1.29, 1.82) is 0 Å². The van der Waals surface area contributed by atoms with E-state index in [2.05, 4.69) is 6.92 Å². The average Bonchev–Trinajstić information content (AvgIpc) is 2.46. The number of unbranched alkanes of at least 4 members (excludes halogenated alkanes) is 2. The molecule has 1 atom stereocenters. The Morgan fingerprint density at radius 2 is 1.91 bits per heavy atom. The molecule has 1 heterocycles. The second-order valence-corrected chi connectivity index (χ2v) is 6.41. The Bertz CT molecular complexity index is 336. The molecule has 1 unspecified atom stereocenters.